The number of esters is 1. The summed E-state index contributed by atoms with van der Waals surface area (Å²) in [5.74, 6) is 1.13. The highest BCUT2D eigenvalue weighted by molar-refractivity contribution is 5.89. The number of piperazine rings is 1. The molecule has 0 radical (unpaired) electrons. The van der Waals surface area contributed by atoms with E-state index in [0.29, 0.717) is 17.9 Å². The molecule has 0 unspecified atom stereocenters. The van der Waals surface area contributed by atoms with Gasteiger partial charge >= 0.3 is 5.97 Å². The lowest BCUT2D eigenvalue weighted by Gasteiger charge is -2.34. The summed E-state index contributed by atoms with van der Waals surface area (Å²) in [6.45, 7) is 4.32. The lowest BCUT2D eigenvalue weighted by molar-refractivity contribution is 0.0111. The van der Waals surface area contributed by atoms with Gasteiger partial charge in [-0.2, -0.15) is 0 Å². The van der Waals surface area contributed by atoms with E-state index < -0.39 is 0 Å². The predicted octanol–water partition coefficient (Wildman–Crippen LogP) is 2.09. The Hall–Kier alpha value is -2.73. The van der Waals surface area contributed by atoms with Crippen molar-refractivity contribution in [1.82, 2.24) is 5.32 Å². The molecule has 2 aromatic rings. The number of fused-ring (bicyclic) bond motifs is 1. The van der Waals surface area contributed by atoms with Gasteiger partial charge in [0.25, 0.3) is 0 Å². The van der Waals surface area contributed by atoms with E-state index in [9.17, 15) is 4.79 Å². The highest BCUT2D eigenvalue weighted by Gasteiger charge is 2.27. The van der Waals surface area contributed by atoms with Gasteiger partial charge in [-0.25, -0.2) is 4.79 Å². The molecule has 0 bridgehead atoms. The van der Waals surface area contributed by atoms with Crippen LogP contribution in [0.4, 0.5) is 5.69 Å². The highest BCUT2D eigenvalue weighted by atomic mass is 16.6. The molecule has 0 aliphatic carbocycles. The molecule has 2 aliphatic heterocycles. The minimum atomic E-state index is -0.352. The van der Waals surface area contributed by atoms with Gasteiger partial charge in [-0.3, -0.25) is 0 Å². The molecule has 26 heavy (non-hydrogen) atoms. The molecule has 1 fully saturated rings. The topological polar surface area (TPSA) is 60.0 Å². The first-order valence-electron chi connectivity index (χ1n) is 8.91. The molecule has 2 heterocycles. The summed E-state index contributed by atoms with van der Waals surface area (Å²) in [5, 5.41) is 3.35. The summed E-state index contributed by atoms with van der Waals surface area (Å²) in [7, 11) is 0. The maximum absolute atomic E-state index is 12.1. The third-order valence-corrected chi connectivity index (χ3v) is 4.53. The van der Waals surface area contributed by atoms with Crippen LogP contribution >= 0.6 is 0 Å². The fourth-order valence-corrected chi connectivity index (χ4v) is 3.20. The first-order chi connectivity index (χ1) is 12.8. The van der Waals surface area contributed by atoms with E-state index in [2.05, 4.69) is 16.3 Å². The van der Waals surface area contributed by atoms with Crippen LogP contribution < -0.4 is 19.7 Å². The Morgan fingerprint density at radius 2 is 1.92 bits per heavy atom. The molecule has 0 saturated carbocycles. The van der Waals surface area contributed by atoms with E-state index >= 15 is 0 Å². The minimum absolute atomic E-state index is 0.158. The van der Waals surface area contributed by atoms with Crippen molar-refractivity contribution < 1.29 is 19.0 Å². The van der Waals surface area contributed by atoms with Crippen LogP contribution in [0.15, 0.2) is 48.5 Å². The van der Waals surface area contributed by atoms with Crippen molar-refractivity contribution in [2.24, 2.45) is 0 Å². The number of rotatable bonds is 4. The second kappa shape index (κ2) is 7.66. The highest BCUT2D eigenvalue weighted by Crippen LogP contribution is 2.40. The largest absolute Gasteiger partial charge is 0.484 e. The first-order valence-corrected chi connectivity index (χ1v) is 8.91. The molecular formula is C20H22N2O4. The molecule has 6 nitrogen and oxygen atoms in total. The smallest absolute Gasteiger partial charge is 0.338 e. The maximum Gasteiger partial charge on any atom is 0.338 e. The van der Waals surface area contributed by atoms with Crippen molar-refractivity contribution in [2.45, 2.75) is 6.10 Å². The third kappa shape index (κ3) is 3.60. The van der Waals surface area contributed by atoms with E-state index in [1.54, 1.807) is 12.1 Å². The molecule has 136 valence electrons. The van der Waals surface area contributed by atoms with Crippen molar-refractivity contribution in [3.8, 4) is 11.5 Å². The van der Waals surface area contributed by atoms with Gasteiger partial charge in [-0.15, -0.1) is 0 Å². The molecular weight excluding hydrogens is 332 g/mol. The number of hydrogen-bond acceptors (Lipinski definition) is 6. The summed E-state index contributed by atoms with van der Waals surface area (Å²) in [5.41, 5.74) is 1.59. The number of carbonyl (C=O) groups is 1. The van der Waals surface area contributed by atoms with Crippen LogP contribution in [-0.2, 0) is 4.74 Å². The quantitative estimate of drug-likeness (QED) is 0.849. The van der Waals surface area contributed by atoms with Crippen molar-refractivity contribution >= 4 is 11.7 Å². The monoisotopic (exact) mass is 354 g/mol. The second-order valence-electron chi connectivity index (χ2n) is 6.36. The van der Waals surface area contributed by atoms with Crippen molar-refractivity contribution in [1.29, 1.82) is 0 Å². The number of anilines is 1. The van der Waals surface area contributed by atoms with Crippen molar-refractivity contribution in [2.75, 3.05) is 44.3 Å². The summed E-state index contributed by atoms with van der Waals surface area (Å²) >= 11 is 0. The van der Waals surface area contributed by atoms with E-state index in [0.717, 1.165) is 37.6 Å². The SMILES string of the molecule is O=C(OC[C@@H]1COc2c(cccc2N2CCNCC2)O1)c1ccccc1. The summed E-state index contributed by atoms with van der Waals surface area (Å²) in [6.07, 6.45) is -0.312. The number of nitrogens with one attached hydrogen (secondary N) is 1. The van der Waals surface area contributed by atoms with Gasteiger partial charge in [-0.1, -0.05) is 24.3 Å². The van der Waals surface area contributed by atoms with Crippen LogP contribution in [0.1, 0.15) is 10.4 Å². The Morgan fingerprint density at radius 1 is 1.12 bits per heavy atom. The lowest BCUT2D eigenvalue weighted by atomic mass is 10.2. The molecule has 1 N–H and O–H groups in total. The number of ether oxygens (including phenoxy) is 3. The Balaban J connectivity index is 1.39. The zero-order valence-corrected chi connectivity index (χ0v) is 14.5. The van der Waals surface area contributed by atoms with E-state index in [4.69, 9.17) is 14.2 Å². The van der Waals surface area contributed by atoms with Crippen LogP contribution in [-0.4, -0.2) is 51.5 Å². The van der Waals surface area contributed by atoms with Gasteiger partial charge in [0.2, 0.25) is 0 Å². The molecule has 4 rings (SSSR count). The van der Waals surface area contributed by atoms with Crippen LogP contribution in [0.5, 0.6) is 11.5 Å². The molecule has 2 aliphatic rings. The Kier molecular flexibility index (Phi) is 4.93. The number of para-hydroxylation sites is 1. The molecule has 1 atom stereocenters. The van der Waals surface area contributed by atoms with Gasteiger partial charge < -0.3 is 24.4 Å². The lowest BCUT2D eigenvalue weighted by Crippen LogP contribution is -2.44. The normalized spacial score (nSPS) is 19.1. The molecule has 0 spiro atoms. The molecule has 6 heteroatoms. The number of carbonyl (C=O) groups excluding carboxylic acids is 1. The number of nitrogens with zero attached hydrogens (tertiary/aromatic N) is 1. The number of hydrogen-bond donors (Lipinski definition) is 1. The third-order valence-electron chi connectivity index (χ3n) is 4.53. The van der Waals surface area contributed by atoms with Crippen LogP contribution in [0.2, 0.25) is 0 Å². The summed E-state index contributed by atoms with van der Waals surface area (Å²) in [4.78, 5) is 14.4. The van der Waals surface area contributed by atoms with Crippen LogP contribution in [0.25, 0.3) is 0 Å². The fourth-order valence-electron chi connectivity index (χ4n) is 3.20. The van der Waals surface area contributed by atoms with Crippen LogP contribution in [0.3, 0.4) is 0 Å². The van der Waals surface area contributed by atoms with Gasteiger partial charge in [0.15, 0.2) is 17.6 Å². The van der Waals surface area contributed by atoms with Gasteiger partial charge in [0.1, 0.15) is 13.2 Å². The Bertz CT molecular complexity index is 760. The second-order valence-corrected chi connectivity index (χ2v) is 6.36. The standard InChI is InChI=1S/C20H22N2O4/c23-20(15-5-2-1-3-6-15)25-14-16-13-24-19-17(7-4-8-18(19)26-16)22-11-9-21-10-12-22/h1-8,16,21H,9-14H2/t16-/m0/s1. The predicted molar refractivity (Wildman–Crippen MR) is 98.2 cm³/mol. The minimum Gasteiger partial charge on any atom is -0.484 e. The summed E-state index contributed by atoms with van der Waals surface area (Å²) in [6, 6.07) is 14.9. The number of benzene rings is 2. The fraction of sp³-hybridized carbons (Fsp3) is 0.350. The van der Waals surface area contributed by atoms with E-state index in [1.165, 1.54) is 0 Å². The van der Waals surface area contributed by atoms with Gasteiger partial charge in [0, 0.05) is 26.2 Å². The molecule has 0 amide bonds. The maximum atomic E-state index is 12.1. The van der Waals surface area contributed by atoms with Crippen molar-refractivity contribution in [3.05, 3.63) is 54.1 Å². The van der Waals surface area contributed by atoms with Crippen molar-refractivity contribution in [3.63, 3.8) is 0 Å². The first kappa shape index (κ1) is 16.7. The van der Waals surface area contributed by atoms with Gasteiger partial charge in [0.05, 0.1) is 11.3 Å². The Labute approximate surface area is 152 Å². The zero-order valence-electron chi connectivity index (χ0n) is 14.5. The average molecular weight is 354 g/mol. The zero-order chi connectivity index (χ0) is 17.8. The molecule has 2 aromatic carbocycles. The van der Waals surface area contributed by atoms with Crippen LogP contribution in [0, 0.1) is 0 Å². The van der Waals surface area contributed by atoms with Gasteiger partial charge in [-0.05, 0) is 24.3 Å². The molecule has 1 saturated heterocycles. The summed E-state index contributed by atoms with van der Waals surface area (Å²) < 4.78 is 17.4. The van der Waals surface area contributed by atoms with E-state index in [1.807, 2.05) is 30.3 Å². The Morgan fingerprint density at radius 3 is 2.73 bits per heavy atom. The molecule has 0 aromatic heterocycles. The van der Waals surface area contributed by atoms with E-state index in [-0.39, 0.29) is 18.7 Å². The average Bonchev–Trinajstić information content (AvgIpc) is 2.72.